The fraction of sp³-hybridized carbons (Fsp3) is 0.857. The van der Waals surface area contributed by atoms with Gasteiger partial charge in [-0.2, -0.15) is 0 Å². The molecule has 1 N–H and O–H groups in total. The maximum Gasteiger partial charge on any atom is 0.150 e. The van der Waals surface area contributed by atoms with Gasteiger partial charge in [0.05, 0.1) is 11.4 Å². The summed E-state index contributed by atoms with van der Waals surface area (Å²) < 4.78 is 22.0. The average molecular weight is 177 g/mol. The topological polar surface area (TPSA) is 54.4 Å². The van der Waals surface area contributed by atoms with Crippen LogP contribution in [0.15, 0.2) is 0 Å². The van der Waals surface area contributed by atoms with Gasteiger partial charge in [-0.15, -0.1) is 0 Å². The molecule has 0 spiro atoms. The van der Waals surface area contributed by atoms with Gasteiger partial charge in [-0.3, -0.25) is 0 Å². The zero-order chi connectivity index (χ0) is 8.48. The minimum absolute atomic E-state index is 0.337. The molecule has 1 unspecified atom stereocenters. The highest BCUT2D eigenvalue weighted by Gasteiger charge is 2.27. The number of rotatable bonds is 1. The van der Waals surface area contributed by atoms with Gasteiger partial charge in [0.25, 0.3) is 0 Å². The van der Waals surface area contributed by atoms with E-state index in [1.807, 2.05) is 0 Å². The van der Waals surface area contributed by atoms with Gasteiger partial charge in [0.1, 0.15) is 9.84 Å². The largest absolute Gasteiger partial charge is 0.387 e. The maximum absolute atomic E-state index is 11.0. The Bertz CT molecular complexity index is 220. The Balaban J connectivity index is 2.60. The molecule has 1 fully saturated rings. The first-order valence-corrected chi connectivity index (χ1v) is 5.68. The molecule has 1 atom stereocenters. The molecule has 0 aromatic rings. The van der Waals surface area contributed by atoms with E-state index in [0.29, 0.717) is 25.4 Å². The summed E-state index contributed by atoms with van der Waals surface area (Å²) >= 11 is 0. The number of aliphatic hydroxyl groups is 1. The van der Waals surface area contributed by atoms with E-state index in [0.717, 1.165) is 6.42 Å². The van der Waals surface area contributed by atoms with E-state index < -0.39 is 9.84 Å². The molecule has 11 heavy (non-hydrogen) atoms. The molecule has 3 nitrogen and oxygen atoms in total. The Morgan fingerprint density at radius 3 is 2.55 bits per heavy atom. The summed E-state index contributed by atoms with van der Waals surface area (Å²) in [6, 6.07) is 0. The minimum atomic E-state index is -2.94. The van der Waals surface area contributed by atoms with Crippen LogP contribution in [0.4, 0.5) is 0 Å². The van der Waals surface area contributed by atoms with E-state index in [1.54, 1.807) is 0 Å². The maximum atomic E-state index is 11.0. The molecule has 0 aromatic heterocycles. The summed E-state index contributed by atoms with van der Waals surface area (Å²) in [6.45, 7) is 0. The molecule has 1 aliphatic rings. The lowest BCUT2D eigenvalue weighted by atomic mass is 9.97. The number of aliphatic hydroxyl groups excluding tert-OH is 1. The van der Waals surface area contributed by atoms with Gasteiger partial charge in [-0.25, -0.2) is 8.42 Å². The molecule has 4 heteroatoms. The van der Waals surface area contributed by atoms with Crippen LogP contribution in [0.2, 0.25) is 0 Å². The van der Waals surface area contributed by atoms with Gasteiger partial charge < -0.3 is 5.11 Å². The molecule has 0 bridgehead atoms. The van der Waals surface area contributed by atoms with Gasteiger partial charge in [-0.05, 0) is 25.7 Å². The predicted octanol–water partition coefficient (Wildman–Crippen LogP) is 0.878. The second-order valence-corrected chi connectivity index (χ2v) is 5.44. The Labute approximate surface area is 67.3 Å². The Hall–Kier alpha value is -0.0900. The van der Waals surface area contributed by atoms with E-state index in [2.05, 4.69) is 0 Å². The molecule has 0 aromatic carbocycles. The summed E-state index contributed by atoms with van der Waals surface area (Å²) in [5, 5.41) is 8.76. The van der Waals surface area contributed by atoms with Crippen LogP contribution >= 0.6 is 0 Å². The fourth-order valence-electron chi connectivity index (χ4n) is 1.37. The van der Waals surface area contributed by atoms with Crippen LogP contribution in [0.1, 0.15) is 25.7 Å². The Morgan fingerprint density at radius 2 is 2.18 bits per heavy atom. The molecule has 1 aliphatic carbocycles. The van der Waals surface area contributed by atoms with Crippen molar-refractivity contribution < 1.29 is 13.5 Å². The van der Waals surface area contributed by atoms with E-state index in [1.165, 1.54) is 6.26 Å². The van der Waals surface area contributed by atoms with E-state index in [4.69, 9.17) is 5.11 Å². The summed E-state index contributed by atoms with van der Waals surface area (Å²) in [4.78, 5) is 0. The van der Waals surface area contributed by atoms with Crippen LogP contribution in [-0.4, -0.2) is 25.0 Å². The van der Waals surface area contributed by atoms with Crippen molar-refractivity contribution in [2.24, 2.45) is 0 Å². The van der Waals surface area contributed by atoms with Crippen LogP contribution in [0.25, 0.3) is 0 Å². The summed E-state index contributed by atoms with van der Waals surface area (Å²) in [7, 11) is -2.94. The van der Waals surface area contributed by atoms with Crippen LogP contribution in [0, 0.1) is 6.10 Å². The highest BCUT2D eigenvalue weighted by molar-refractivity contribution is 7.91. The van der Waals surface area contributed by atoms with Crippen molar-refractivity contribution in [2.45, 2.75) is 30.9 Å². The van der Waals surface area contributed by atoms with Crippen LogP contribution < -0.4 is 0 Å². The molecule has 1 rings (SSSR count). The highest BCUT2D eigenvalue weighted by atomic mass is 32.2. The first kappa shape index (κ1) is 9.00. The minimum Gasteiger partial charge on any atom is -0.387 e. The molecule has 0 heterocycles. The van der Waals surface area contributed by atoms with E-state index >= 15 is 0 Å². The van der Waals surface area contributed by atoms with Crippen molar-refractivity contribution in [2.75, 3.05) is 6.26 Å². The standard InChI is InChI=1S/C7H13O3S/c1-11(9,10)7-4-2-3-6(8)5-7/h7-8H,2-5H2,1H3. The Kier molecular flexibility index (Phi) is 2.54. The normalized spacial score (nSPS) is 28.7. The zero-order valence-corrected chi connectivity index (χ0v) is 7.39. The van der Waals surface area contributed by atoms with Crippen LogP contribution in [0.5, 0.6) is 0 Å². The lowest BCUT2D eigenvalue weighted by Crippen LogP contribution is -2.26. The third-order valence-electron chi connectivity index (χ3n) is 2.06. The number of hydrogen-bond donors (Lipinski definition) is 1. The van der Waals surface area contributed by atoms with Gasteiger partial charge in [0, 0.05) is 6.26 Å². The Morgan fingerprint density at radius 1 is 1.55 bits per heavy atom. The number of sulfone groups is 1. The average Bonchev–Trinajstić information content (AvgIpc) is 1.86. The molecule has 0 aliphatic heterocycles. The second-order valence-electron chi connectivity index (χ2n) is 3.11. The summed E-state index contributed by atoms with van der Waals surface area (Å²) in [5.41, 5.74) is 0. The van der Waals surface area contributed by atoms with Gasteiger partial charge in [0.15, 0.2) is 0 Å². The van der Waals surface area contributed by atoms with Crippen molar-refractivity contribution in [3.05, 3.63) is 6.10 Å². The monoisotopic (exact) mass is 177 g/mol. The third kappa shape index (κ3) is 2.45. The fourth-order valence-corrected chi connectivity index (χ4v) is 2.46. The van der Waals surface area contributed by atoms with E-state index in [9.17, 15) is 8.42 Å². The van der Waals surface area contributed by atoms with Crippen molar-refractivity contribution in [3.63, 3.8) is 0 Å². The highest BCUT2D eigenvalue weighted by Crippen LogP contribution is 2.27. The van der Waals surface area contributed by atoms with Gasteiger partial charge in [-0.1, -0.05) is 0 Å². The summed E-state index contributed by atoms with van der Waals surface area (Å²) in [6.07, 6.45) is 4.08. The lowest BCUT2D eigenvalue weighted by Gasteiger charge is -2.23. The third-order valence-corrected chi connectivity index (χ3v) is 3.67. The molecular weight excluding hydrogens is 164 g/mol. The van der Waals surface area contributed by atoms with Gasteiger partial charge in [0.2, 0.25) is 0 Å². The predicted molar refractivity (Wildman–Crippen MR) is 42.3 cm³/mol. The SMILES string of the molecule is CS(=O)(=O)C1CCC[C](O)C1. The quantitative estimate of drug-likeness (QED) is 0.646. The van der Waals surface area contributed by atoms with Crippen LogP contribution in [-0.2, 0) is 9.84 Å². The van der Waals surface area contributed by atoms with Crippen LogP contribution in [0.3, 0.4) is 0 Å². The molecule has 1 saturated carbocycles. The molecule has 65 valence electrons. The summed E-state index contributed by atoms with van der Waals surface area (Å²) in [5.74, 6) is 0. The molecule has 0 amide bonds. The van der Waals surface area contributed by atoms with E-state index in [-0.39, 0.29) is 5.25 Å². The van der Waals surface area contributed by atoms with Crippen molar-refractivity contribution >= 4 is 9.84 Å². The second kappa shape index (κ2) is 3.11. The molecule has 1 radical (unpaired) electrons. The number of hydrogen-bond acceptors (Lipinski definition) is 3. The first-order chi connectivity index (χ1) is 5.00. The van der Waals surface area contributed by atoms with Gasteiger partial charge >= 0.3 is 0 Å². The molecule has 0 saturated heterocycles. The molecular formula is C7H13O3S. The smallest absolute Gasteiger partial charge is 0.150 e. The lowest BCUT2D eigenvalue weighted by molar-refractivity contribution is 0.240. The zero-order valence-electron chi connectivity index (χ0n) is 6.58. The first-order valence-electron chi connectivity index (χ1n) is 3.72. The van der Waals surface area contributed by atoms with Crippen molar-refractivity contribution in [1.29, 1.82) is 0 Å². The van der Waals surface area contributed by atoms with Crippen molar-refractivity contribution in [1.82, 2.24) is 0 Å². The van der Waals surface area contributed by atoms with Crippen molar-refractivity contribution in [3.8, 4) is 0 Å².